The van der Waals surface area contributed by atoms with E-state index in [0.29, 0.717) is 18.8 Å². The molecule has 0 spiro atoms. The summed E-state index contributed by atoms with van der Waals surface area (Å²) >= 11 is 0. The summed E-state index contributed by atoms with van der Waals surface area (Å²) in [5, 5.41) is 5.35. The Bertz CT molecular complexity index is 942. The quantitative estimate of drug-likeness (QED) is 0.733. The third-order valence-corrected chi connectivity index (χ3v) is 4.89. The Balaban J connectivity index is 1.69. The minimum Gasteiger partial charge on any atom is -0.378 e. The lowest BCUT2D eigenvalue weighted by Gasteiger charge is -2.34. The Morgan fingerprint density at radius 1 is 1.32 bits per heavy atom. The molecule has 1 aliphatic heterocycles. The van der Waals surface area contributed by atoms with E-state index in [2.05, 4.69) is 14.6 Å². The Morgan fingerprint density at radius 2 is 2.12 bits per heavy atom. The first-order valence-electron chi connectivity index (χ1n) is 8.37. The second-order valence-electron chi connectivity index (χ2n) is 6.36. The van der Waals surface area contributed by atoms with Crippen LogP contribution in [0.2, 0.25) is 0 Å². The zero-order valence-electron chi connectivity index (χ0n) is 14.6. The van der Waals surface area contributed by atoms with Crippen LogP contribution in [0.25, 0.3) is 10.9 Å². The lowest BCUT2D eigenvalue weighted by molar-refractivity contribution is 0.0627. The summed E-state index contributed by atoms with van der Waals surface area (Å²) in [4.78, 5) is 19.5. The van der Waals surface area contributed by atoms with Crippen LogP contribution in [-0.2, 0) is 24.9 Å². The van der Waals surface area contributed by atoms with Crippen LogP contribution in [0.3, 0.4) is 0 Å². The highest BCUT2D eigenvalue weighted by Gasteiger charge is 2.32. The van der Waals surface area contributed by atoms with Gasteiger partial charge in [0.05, 0.1) is 30.1 Å². The average molecular weight is 339 g/mol. The van der Waals surface area contributed by atoms with Crippen molar-refractivity contribution in [1.82, 2.24) is 24.2 Å². The van der Waals surface area contributed by atoms with Gasteiger partial charge in [0.2, 0.25) is 0 Å². The van der Waals surface area contributed by atoms with Gasteiger partial charge in [-0.05, 0) is 13.0 Å². The minimum absolute atomic E-state index is 0.0492. The molecule has 3 aromatic rings. The van der Waals surface area contributed by atoms with Gasteiger partial charge in [-0.3, -0.25) is 9.48 Å². The molecule has 3 heterocycles. The third kappa shape index (κ3) is 2.42. The van der Waals surface area contributed by atoms with Crippen molar-refractivity contribution in [1.29, 1.82) is 0 Å². The number of nitrogens with zero attached hydrogens (tertiary/aromatic N) is 5. The number of para-hydroxylation sites is 1. The number of fused-ring (bicyclic) bond motifs is 2. The summed E-state index contributed by atoms with van der Waals surface area (Å²) in [5.74, 6) is 0.846. The van der Waals surface area contributed by atoms with E-state index >= 15 is 0 Å². The maximum atomic E-state index is 13.2. The van der Waals surface area contributed by atoms with E-state index in [4.69, 9.17) is 4.74 Å². The molecule has 0 bridgehead atoms. The Morgan fingerprint density at radius 3 is 2.92 bits per heavy atom. The van der Waals surface area contributed by atoms with Crippen molar-refractivity contribution in [2.75, 3.05) is 13.7 Å². The summed E-state index contributed by atoms with van der Waals surface area (Å²) in [5.41, 5.74) is 2.50. The fraction of sp³-hybridized carbons (Fsp3) is 0.389. The number of amides is 1. The topological polar surface area (TPSA) is 65.2 Å². The predicted octanol–water partition coefficient (Wildman–Crippen LogP) is 2.13. The maximum absolute atomic E-state index is 13.2. The summed E-state index contributed by atoms with van der Waals surface area (Å²) in [6.07, 6.45) is 1.83. The third-order valence-electron chi connectivity index (χ3n) is 4.89. The van der Waals surface area contributed by atoms with E-state index in [1.807, 2.05) is 49.3 Å². The smallest absolute Gasteiger partial charge is 0.275 e. The molecule has 1 aliphatic rings. The van der Waals surface area contributed by atoms with Crippen molar-refractivity contribution in [2.24, 2.45) is 7.05 Å². The molecule has 1 amide bonds. The van der Waals surface area contributed by atoms with Crippen molar-refractivity contribution in [2.45, 2.75) is 26.1 Å². The first kappa shape index (κ1) is 15.8. The summed E-state index contributed by atoms with van der Waals surface area (Å²) in [6.45, 7) is 3.88. The van der Waals surface area contributed by atoms with Crippen LogP contribution in [0.1, 0.15) is 35.0 Å². The van der Waals surface area contributed by atoms with E-state index < -0.39 is 0 Å². The number of carbonyl (C=O) groups excluding carboxylic acids is 1. The number of aryl methyl sites for hydroxylation is 1. The average Bonchev–Trinajstić information content (AvgIpc) is 3.18. The molecule has 7 nitrogen and oxygen atoms in total. The Kier molecular flexibility index (Phi) is 3.80. The standard InChI is InChI=1S/C18H21N5O2/c1-12-17-19-10-13(11-25-3)23(17)9-8-22(12)18(24)16-14-6-4-5-7-15(14)21(2)20-16/h4-7,10,12H,8-9,11H2,1-3H3/t12-/m0/s1. The second-order valence-corrected chi connectivity index (χ2v) is 6.36. The first-order chi connectivity index (χ1) is 12.1. The number of imidazole rings is 1. The number of hydrogen-bond donors (Lipinski definition) is 0. The number of carbonyl (C=O) groups is 1. The predicted molar refractivity (Wildman–Crippen MR) is 93.1 cm³/mol. The van der Waals surface area contributed by atoms with E-state index in [-0.39, 0.29) is 11.9 Å². The molecule has 1 atom stereocenters. The minimum atomic E-state index is -0.104. The molecular weight excluding hydrogens is 318 g/mol. The van der Waals surface area contributed by atoms with Crippen molar-refractivity contribution in [3.63, 3.8) is 0 Å². The van der Waals surface area contributed by atoms with Crippen LogP contribution in [0.4, 0.5) is 0 Å². The molecule has 7 heteroatoms. The van der Waals surface area contributed by atoms with E-state index in [0.717, 1.165) is 29.0 Å². The fourth-order valence-electron chi connectivity index (χ4n) is 3.61. The number of aromatic nitrogens is 4. The number of methoxy groups -OCH3 is 1. The second kappa shape index (κ2) is 6.00. The fourth-order valence-corrected chi connectivity index (χ4v) is 3.61. The Labute approximate surface area is 145 Å². The van der Waals surface area contributed by atoms with Crippen LogP contribution < -0.4 is 0 Å². The lowest BCUT2D eigenvalue weighted by atomic mass is 10.1. The van der Waals surface area contributed by atoms with Gasteiger partial charge in [-0.1, -0.05) is 18.2 Å². The van der Waals surface area contributed by atoms with Crippen molar-refractivity contribution in [3.05, 3.63) is 47.7 Å². The van der Waals surface area contributed by atoms with Gasteiger partial charge in [-0.15, -0.1) is 0 Å². The molecule has 2 aromatic heterocycles. The van der Waals surface area contributed by atoms with Gasteiger partial charge in [-0.2, -0.15) is 5.10 Å². The first-order valence-corrected chi connectivity index (χ1v) is 8.37. The van der Waals surface area contributed by atoms with Gasteiger partial charge in [-0.25, -0.2) is 4.98 Å². The monoisotopic (exact) mass is 339 g/mol. The summed E-state index contributed by atoms with van der Waals surface area (Å²) < 4.78 is 9.13. The molecule has 0 saturated carbocycles. The molecule has 0 fully saturated rings. The van der Waals surface area contributed by atoms with Crippen LogP contribution in [-0.4, -0.2) is 43.8 Å². The lowest BCUT2D eigenvalue weighted by Crippen LogP contribution is -2.41. The Hall–Kier alpha value is -2.67. The largest absolute Gasteiger partial charge is 0.378 e. The molecular formula is C18H21N5O2. The maximum Gasteiger partial charge on any atom is 0.275 e. The molecule has 0 saturated heterocycles. The summed E-state index contributed by atoms with van der Waals surface area (Å²) in [6, 6.07) is 7.71. The van der Waals surface area contributed by atoms with Gasteiger partial charge in [0.15, 0.2) is 5.69 Å². The number of hydrogen-bond acceptors (Lipinski definition) is 4. The van der Waals surface area contributed by atoms with Crippen LogP contribution >= 0.6 is 0 Å². The van der Waals surface area contributed by atoms with Gasteiger partial charge < -0.3 is 14.2 Å². The highest BCUT2D eigenvalue weighted by molar-refractivity contribution is 6.05. The summed E-state index contributed by atoms with van der Waals surface area (Å²) in [7, 11) is 3.54. The molecule has 0 N–H and O–H groups in total. The van der Waals surface area contributed by atoms with Crippen molar-refractivity contribution >= 4 is 16.8 Å². The molecule has 4 rings (SSSR count). The number of ether oxygens (including phenoxy) is 1. The highest BCUT2D eigenvalue weighted by atomic mass is 16.5. The zero-order chi connectivity index (χ0) is 17.6. The molecule has 25 heavy (non-hydrogen) atoms. The van der Waals surface area contributed by atoms with E-state index in [9.17, 15) is 4.79 Å². The SMILES string of the molecule is COCc1cnc2n1CCN(C(=O)c1nn(C)c3ccccc13)[C@H]2C. The van der Waals surface area contributed by atoms with Crippen LogP contribution in [0.5, 0.6) is 0 Å². The van der Waals surface area contributed by atoms with E-state index in [1.165, 1.54) is 0 Å². The highest BCUT2D eigenvalue weighted by Crippen LogP contribution is 2.28. The number of benzene rings is 1. The van der Waals surface area contributed by atoms with E-state index in [1.54, 1.807) is 11.8 Å². The molecule has 130 valence electrons. The molecule has 0 radical (unpaired) electrons. The van der Waals surface area contributed by atoms with Gasteiger partial charge >= 0.3 is 0 Å². The normalized spacial score (nSPS) is 17.1. The van der Waals surface area contributed by atoms with Crippen molar-refractivity contribution < 1.29 is 9.53 Å². The van der Waals surface area contributed by atoms with Gasteiger partial charge in [0, 0.05) is 32.6 Å². The molecule has 1 aromatic carbocycles. The van der Waals surface area contributed by atoms with Crippen molar-refractivity contribution in [3.8, 4) is 0 Å². The zero-order valence-corrected chi connectivity index (χ0v) is 14.6. The molecule has 0 aliphatic carbocycles. The van der Waals surface area contributed by atoms with Crippen LogP contribution in [0.15, 0.2) is 30.5 Å². The van der Waals surface area contributed by atoms with Gasteiger partial charge in [0.1, 0.15) is 5.82 Å². The number of rotatable bonds is 3. The molecule has 0 unspecified atom stereocenters. The van der Waals surface area contributed by atoms with Gasteiger partial charge in [0.25, 0.3) is 5.91 Å². The van der Waals surface area contributed by atoms with Crippen LogP contribution in [0, 0.1) is 0 Å².